The van der Waals surface area contributed by atoms with Crippen LogP contribution >= 0.6 is 0 Å². The zero-order valence-electron chi connectivity index (χ0n) is 14.2. The number of benzene rings is 2. The Bertz CT molecular complexity index is 714. The van der Waals surface area contributed by atoms with Crippen molar-refractivity contribution in [3.05, 3.63) is 71.3 Å². The van der Waals surface area contributed by atoms with Crippen molar-refractivity contribution in [2.24, 2.45) is 5.10 Å². The van der Waals surface area contributed by atoms with Gasteiger partial charge in [-0.3, -0.25) is 4.79 Å². The van der Waals surface area contributed by atoms with Crippen LogP contribution in [0.5, 0.6) is 5.75 Å². The van der Waals surface area contributed by atoms with Crippen molar-refractivity contribution in [3.63, 3.8) is 0 Å². The van der Waals surface area contributed by atoms with Crippen LogP contribution in [0.2, 0.25) is 0 Å². The molecule has 0 radical (unpaired) electrons. The molecule has 0 saturated carbocycles. The number of nitrogens with one attached hydrogen (secondary N) is 1. The molecular weight excluding hydrogens is 300 g/mol. The molecule has 0 atom stereocenters. The summed E-state index contributed by atoms with van der Waals surface area (Å²) in [6.07, 6.45) is 4.80. The number of methoxy groups -OCH3 is 1. The molecule has 24 heavy (non-hydrogen) atoms. The number of carbonyl (C=O) groups excluding carboxylic acids is 1. The predicted molar refractivity (Wildman–Crippen MR) is 98.3 cm³/mol. The Balaban J connectivity index is 1.86. The number of hydrogen-bond donors (Lipinski definition) is 1. The van der Waals surface area contributed by atoms with E-state index in [0.717, 1.165) is 16.9 Å². The van der Waals surface area contributed by atoms with Gasteiger partial charge in [0.25, 0.3) is 5.91 Å². The third kappa shape index (κ3) is 5.39. The quantitative estimate of drug-likeness (QED) is 0.497. The van der Waals surface area contributed by atoms with Crippen molar-refractivity contribution >= 4 is 18.2 Å². The van der Waals surface area contributed by atoms with Crippen LogP contribution in [-0.4, -0.2) is 19.2 Å². The van der Waals surface area contributed by atoms with Crippen LogP contribution in [0.1, 0.15) is 36.5 Å². The summed E-state index contributed by atoms with van der Waals surface area (Å²) in [6, 6.07) is 15.5. The first-order valence-corrected chi connectivity index (χ1v) is 7.83. The molecule has 4 nitrogen and oxygen atoms in total. The number of nitrogens with zero attached hydrogens (tertiary/aromatic N) is 1. The van der Waals surface area contributed by atoms with Crippen molar-refractivity contribution in [1.82, 2.24) is 5.43 Å². The van der Waals surface area contributed by atoms with Crippen LogP contribution in [0.15, 0.2) is 59.7 Å². The molecular formula is C20H22N2O2. The Morgan fingerprint density at radius 3 is 2.25 bits per heavy atom. The average Bonchev–Trinajstić information content (AvgIpc) is 2.61. The van der Waals surface area contributed by atoms with Crippen molar-refractivity contribution in [2.75, 3.05) is 7.11 Å². The van der Waals surface area contributed by atoms with E-state index < -0.39 is 0 Å². The lowest BCUT2D eigenvalue weighted by Crippen LogP contribution is -2.14. The topological polar surface area (TPSA) is 50.7 Å². The summed E-state index contributed by atoms with van der Waals surface area (Å²) < 4.78 is 5.09. The molecule has 2 aromatic rings. The highest BCUT2D eigenvalue weighted by Crippen LogP contribution is 2.14. The fourth-order valence-corrected chi connectivity index (χ4v) is 2.06. The number of amides is 1. The molecule has 0 aromatic heterocycles. The predicted octanol–water partition coefficient (Wildman–Crippen LogP) is 3.98. The van der Waals surface area contributed by atoms with Gasteiger partial charge in [0, 0.05) is 6.08 Å². The summed E-state index contributed by atoms with van der Waals surface area (Å²) in [4.78, 5) is 11.7. The molecule has 0 aliphatic rings. The van der Waals surface area contributed by atoms with Gasteiger partial charge in [0.05, 0.1) is 13.3 Å². The lowest BCUT2D eigenvalue weighted by atomic mass is 10.0. The smallest absolute Gasteiger partial charge is 0.264 e. The van der Waals surface area contributed by atoms with E-state index in [0.29, 0.717) is 5.92 Å². The van der Waals surface area contributed by atoms with Crippen LogP contribution in [0.4, 0.5) is 0 Å². The van der Waals surface area contributed by atoms with Crippen molar-refractivity contribution in [3.8, 4) is 5.75 Å². The number of hydrogen-bond acceptors (Lipinski definition) is 3. The molecule has 0 spiro atoms. The molecule has 0 aliphatic heterocycles. The average molecular weight is 322 g/mol. The van der Waals surface area contributed by atoms with E-state index >= 15 is 0 Å². The molecule has 0 fully saturated rings. The van der Waals surface area contributed by atoms with Crippen molar-refractivity contribution in [2.45, 2.75) is 19.8 Å². The largest absolute Gasteiger partial charge is 0.497 e. The Kier molecular flexibility index (Phi) is 6.32. The first kappa shape index (κ1) is 17.5. The highest BCUT2D eigenvalue weighted by atomic mass is 16.5. The van der Waals surface area contributed by atoms with Crippen LogP contribution < -0.4 is 10.2 Å². The molecule has 0 bridgehead atoms. The lowest BCUT2D eigenvalue weighted by molar-refractivity contribution is -0.116. The van der Waals surface area contributed by atoms with E-state index in [9.17, 15) is 4.79 Å². The number of ether oxygens (including phenoxy) is 1. The van der Waals surface area contributed by atoms with Gasteiger partial charge < -0.3 is 4.74 Å². The van der Waals surface area contributed by atoms with Crippen LogP contribution in [0.3, 0.4) is 0 Å². The summed E-state index contributed by atoms with van der Waals surface area (Å²) in [5.41, 5.74) is 5.62. The summed E-state index contributed by atoms with van der Waals surface area (Å²) >= 11 is 0. The Morgan fingerprint density at radius 1 is 1.04 bits per heavy atom. The second-order valence-electron chi connectivity index (χ2n) is 5.66. The first-order valence-electron chi connectivity index (χ1n) is 7.83. The standard InChI is InChI=1S/C20H22N2O2/c1-15(2)18-9-4-17(5-10-18)14-21-22-20(23)13-8-16-6-11-19(24-3)12-7-16/h4-15H,1-3H3,(H,22,23)/b13-8+,21-14-. The summed E-state index contributed by atoms with van der Waals surface area (Å²) in [6.45, 7) is 4.30. The van der Waals surface area contributed by atoms with E-state index in [1.54, 1.807) is 19.4 Å². The maximum absolute atomic E-state index is 11.7. The van der Waals surface area contributed by atoms with E-state index in [4.69, 9.17) is 4.74 Å². The van der Waals surface area contributed by atoms with Crippen LogP contribution in [0.25, 0.3) is 6.08 Å². The zero-order valence-corrected chi connectivity index (χ0v) is 14.2. The summed E-state index contributed by atoms with van der Waals surface area (Å²) in [5.74, 6) is 1.00. The third-order valence-corrected chi connectivity index (χ3v) is 3.53. The minimum Gasteiger partial charge on any atom is -0.497 e. The SMILES string of the molecule is COc1ccc(/C=C/C(=O)N/N=C\c2ccc(C(C)C)cc2)cc1. The van der Waals surface area contributed by atoms with Gasteiger partial charge in [-0.1, -0.05) is 50.2 Å². The van der Waals surface area contributed by atoms with Gasteiger partial charge in [-0.25, -0.2) is 5.43 Å². The van der Waals surface area contributed by atoms with Gasteiger partial charge in [-0.15, -0.1) is 0 Å². The summed E-state index contributed by atoms with van der Waals surface area (Å²) in [5, 5.41) is 3.96. The molecule has 0 unspecified atom stereocenters. The van der Waals surface area contributed by atoms with E-state index in [1.165, 1.54) is 11.6 Å². The van der Waals surface area contributed by atoms with Gasteiger partial charge >= 0.3 is 0 Å². The normalized spacial score (nSPS) is 11.3. The molecule has 1 N–H and O–H groups in total. The third-order valence-electron chi connectivity index (χ3n) is 3.53. The van der Waals surface area contributed by atoms with Gasteiger partial charge in [-0.2, -0.15) is 5.10 Å². The molecule has 0 aliphatic carbocycles. The van der Waals surface area contributed by atoms with Crippen LogP contribution in [0, 0.1) is 0 Å². The van der Waals surface area contributed by atoms with Crippen LogP contribution in [-0.2, 0) is 4.79 Å². The zero-order chi connectivity index (χ0) is 17.4. The summed E-state index contributed by atoms with van der Waals surface area (Å²) in [7, 11) is 1.62. The lowest BCUT2D eigenvalue weighted by Gasteiger charge is -2.04. The van der Waals surface area contributed by atoms with E-state index in [-0.39, 0.29) is 5.91 Å². The number of rotatable bonds is 6. The monoisotopic (exact) mass is 322 g/mol. The number of carbonyl (C=O) groups is 1. The molecule has 1 amide bonds. The maximum Gasteiger partial charge on any atom is 0.264 e. The van der Waals surface area contributed by atoms with Gasteiger partial charge in [0.2, 0.25) is 0 Å². The molecule has 0 saturated heterocycles. The molecule has 0 heterocycles. The second kappa shape index (κ2) is 8.67. The molecule has 4 heteroatoms. The highest BCUT2D eigenvalue weighted by molar-refractivity contribution is 5.92. The minimum atomic E-state index is -0.277. The van der Waals surface area contributed by atoms with Gasteiger partial charge in [0.15, 0.2) is 0 Å². The Morgan fingerprint density at radius 2 is 1.67 bits per heavy atom. The fourth-order valence-electron chi connectivity index (χ4n) is 2.06. The highest BCUT2D eigenvalue weighted by Gasteiger charge is 1.98. The Hall–Kier alpha value is -2.88. The fraction of sp³-hybridized carbons (Fsp3) is 0.200. The molecule has 2 aromatic carbocycles. The van der Waals surface area contributed by atoms with E-state index in [1.807, 2.05) is 36.4 Å². The molecule has 124 valence electrons. The molecule has 2 rings (SSSR count). The second-order valence-corrected chi connectivity index (χ2v) is 5.66. The van der Waals surface area contributed by atoms with Gasteiger partial charge in [-0.05, 0) is 40.8 Å². The minimum absolute atomic E-state index is 0.277. The van der Waals surface area contributed by atoms with Crippen molar-refractivity contribution in [1.29, 1.82) is 0 Å². The Labute approximate surface area is 142 Å². The van der Waals surface area contributed by atoms with Gasteiger partial charge in [0.1, 0.15) is 5.75 Å². The van der Waals surface area contributed by atoms with Crippen molar-refractivity contribution < 1.29 is 9.53 Å². The maximum atomic E-state index is 11.7. The van der Waals surface area contributed by atoms with E-state index in [2.05, 4.69) is 36.5 Å². The number of hydrazone groups is 1. The first-order chi connectivity index (χ1) is 11.6.